The number of aromatic nitrogens is 2. The highest BCUT2D eigenvalue weighted by Gasteiger charge is 2.41. The van der Waals surface area contributed by atoms with E-state index in [1.54, 1.807) is 0 Å². The Morgan fingerprint density at radius 1 is 1.69 bits per heavy atom. The molecule has 0 spiro atoms. The molecule has 1 aromatic heterocycles. The number of nitrogens with zero attached hydrogens (tertiary/aromatic N) is 2. The Labute approximate surface area is 91.0 Å². The molecule has 0 bridgehead atoms. The van der Waals surface area contributed by atoms with Crippen molar-refractivity contribution in [2.75, 3.05) is 5.33 Å². The van der Waals surface area contributed by atoms with Gasteiger partial charge in [0.2, 0.25) is 0 Å². The molecule has 0 amide bonds. The van der Waals surface area contributed by atoms with Gasteiger partial charge in [-0.05, 0) is 42.1 Å². The lowest BCUT2D eigenvalue weighted by atomic mass is 9.62. The summed E-state index contributed by atoms with van der Waals surface area (Å²) >= 11 is 5.06. The number of hydrogen-bond donors (Lipinski definition) is 0. The second kappa shape index (κ2) is 3.65. The molecule has 0 radical (unpaired) electrons. The van der Waals surface area contributed by atoms with Crippen LogP contribution in [0.2, 0.25) is 0 Å². The quantitative estimate of drug-likeness (QED) is 0.782. The van der Waals surface area contributed by atoms with E-state index >= 15 is 0 Å². The van der Waals surface area contributed by atoms with Gasteiger partial charge in [-0.15, -0.1) is 5.10 Å². The molecule has 1 aliphatic carbocycles. The number of rotatable bonds is 3. The fourth-order valence-electron chi connectivity index (χ4n) is 2.36. The monoisotopic (exact) mass is 260 g/mol. The zero-order valence-electron chi connectivity index (χ0n) is 7.66. The Kier molecular flexibility index (Phi) is 2.70. The lowest BCUT2D eigenvalue weighted by Crippen LogP contribution is -2.39. The summed E-state index contributed by atoms with van der Waals surface area (Å²) in [6.45, 7) is 2.32. The van der Waals surface area contributed by atoms with Gasteiger partial charge in [0, 0.05) is 10.7 Å². The average Bonchev–Trinajstić information content (AvgIpc) is 2.53. The summed E-state index contributed by atoms with van der Waals surface area (Å²) in [7, 11) is 0. The maximum absolute atomic E-state index is 4.10. The van der Waals surface area contributed by atoms with Gasteiger partial charge in [0.05, 0.1) is 5.69 Å². The minimum atomic E-state index is 0.481. The van der Waals surface area contributed by atoms with Crippen LogP contribution in [-0.4, -0.2) is 14.9 Å². The summed E-state index contributed by atoms with van der Waals surface area (Å²) in [5.41, 5.74) is 1.64. The first-order valence-corrected chi connectivity index (χ1v) is 6.52. The van der Waals surface area contributed by atoms with E-state index < -0.39 is 0 Å². The van der Waals surface area contributed by atoms with Crippen LogP contribution in [0.25, 0.3) is 0 Å². The zero-order valence-corrected chi connectivity index (χ0v) is 10.1. The first-order valence-electron chi connectivity index (χ1n) is 4.56. The second-order valence-electron chi connectivity index (χ2n) is 4.22. The van der Waals surface area contributed by atoms with Crippen LogP contribution in [0.1, 0.15) is 25.5 Å². The second-order valence-corrected chi connectivity index (χ2v) is 5.39. The maximum Gasteiger partial charge on any atom is 0.0761 e. The maximum atomic E-state index is 4.10. The molecular weight excluding hydrogens is 248 g/mol. The van der Waals surface area contributed by atoms with Crippen LogP contribution in [-0.2, 0) is 6.42 Å². The van der Waals surface area contributed by atoms with Crippen molar-refractivity contribution in [3.05, 3.63) is 11.1 Å². The molecule has 0 N–H and O–H groups in total. The molecule has 72 valence electrons. The Morgan fingerprint density at radius 3 is 2.92 bits per heavy atom. The molecule has 1 fully saturated rings. The first kappa shape index (κ1) is 9.59. The molecule has 13 heavy (non-hydrogen) atoms. The van der Waals surface area contributed by atoms with E-state index in [2.05, 4.69) is 37.8 Å². The van der Waals surface area contributed by atoms with Gasteiger partial charge in [-0.25, -0.2) is 0 Å². The van der Waals surface area contributed by atoms with Gasteiger partial charge >= 0.3 is 0 Å². The van der Waals surface area contributed by atoms with Gasteiger partial charge in [-0.1, -0.05) is 27.3 Å². The molecule has 0 aliphatic heterocycles. The summed E-state index contributed by atoms with van der Waals surface area (Å²) in [6, 6.07) is 0. The summed E-state index contributed by atoms with van der Waals surface area (Å²) in [5, 5.41) is 7.27. The van der Waals surface area contributed by atoms with Gasteiger partial charge in [0.15, 0.2) is 0 Å². The normalized spacial score (nSPS) is 32.9. The van der Waals surface area contributed by atoms with Crippen LogP contribution in [0.4, 0.5) is 0 Å². The van der Waals surface area contributed by atoms with Crippen LogP contribution in [0.15, 0.2) is 5.38 Å². The molecule has 4 heteroatoms. The lowest BCUT2D eigenvalue weighted by molar-refractivity contribution is 0.0943. The molecule has 0 saturated heterocycles. The van der Waals surface area contributed by atoms with Crippen molar-refractivity contribution in [2.24, 2.45) is 11.3 Å². The summed E-state index contributed by atoms with van der Waals surface area (Å²) in [5.74, 6) is 0.893. The van der Waals surface area contributed by atoms with Crippen LogP contribution >= 0.6 is 27.5 Å². The predicted octanol–water partition coefficient (Wildman–Crippen LogP) is 2.89. The van der Waals surface area contributed by atoms with Crippen LogP contribution in [0, 0.1) is 11.3 Å². The average molecular weight is 261 g/mol. The third-order valence-corrected chi connectivity index (χ3v) is 4.55. The van der Waals surface area contributed by atoms with E-state index in [1.165, 1.54) is 24.4 Å². The van der Waals surface area contributed by atoms with E-state index in [0.29, 0.717) is 5.41 Å². The number of alkyl halides is 1. The highest BCUT2D eigenvalue weighted by Crippen LogP contribution is 2.48. The summed E-state index contributed by atoms with van der Waals surface area (Å²) < 4.78 is 3.89. The van der Waals surface area contributed by atoms with Crippen LogP contribution in [0.5, 0.6) is 0 Å². The number of halogens is 1. The van der Waals surface area contributed by atoms with Gasteiger partial charge in [0.25, 0.3) is 0 Å². The van der Waals surface area contributed by atoms with E-state index in [9.17, 15) is 0 Å². The topological polar surface area (TPSA) is 25.8 Å². The Morgan fingerprint density at radius 2 is 2.46 bits per heavy atom. The van der Waals surface area contributed by atoms with E-state index in [-0.39, 0.29) is 0 Å². The van der Waals surface area contributed by atoms with Crippen LogP contribution in [0.3, 0.4) is 0 Å². The van der Waals surface area contributed by atoms with E-state index in [0.717, 1.165) is 23.4 Å². The highest BCUT2D eigenvalue weighted by atomic mass is 79.9. The third kappa shape index (κ3) is 1.94. The predicted molar refractivity (Wildman–Crippen MR) is 58.2 cm³/mol. The fraction of sp³-hybridized carbons (Fsp3) is 0.778. The van der Waals surface area contributed by atoms with E-state index in [1.807, 2.05) is 0 Å². The smallest absolute Gasteiger partial charge is 0.0761 e. The van der Waals surface area contributed by atoms with Crippen molar-refractivity contribution in [1.82, 2.24) is 9.59 Å². The van der Waals surface area contributed by atoms with Gasteiger partial charge in [0.1, 0.15) is 0 Å². The van der Waals surface area contributed by atoms with Gasteiger partial charge in [-0.2, -0.15) is 0 Å². The van der Waals surface area contributed by atoms with Crippen molar-refractivity contribution in [1.29, 1.82) is 0 Å². The van der Waals surface area contributed by atoms with Crippen molar-refractivity contribution in [3.8, 4) is 0 Å². The molecule has 0 atom stereocenters. The fourth-order valence-corrected chi connectivity index (χ4v) is 3.47. The molecule has 0 unspecified atom stereocenters. The molecule has 1 heterocycles. The Bertz CT molecular complexity index is 267. The summed E-state index contributed by atoms with van der Waals surface area (Å²) in [4.78, 5) is 0. The SMILES string of the molecule is CC1CC(CBr)(Cc2csnn2)C1. The van der Waals surface area contributed by atoms with E-state index in [4.69, 9.17) is 0 Å². The summed E-state index contributed by atoms with van der Waals surface area (Å²) in [6.07, 6.45) is 3.75. The highest BCUT2D eigenvalue weighted by molar-refractivity contribution is 9.09. The molecule has 2 nitrogen and oxygen atoms in total. The number of hydrogen-bond acceptors (Lipinski definition) is 3. The van der Waals surface area contributed by atoms with Crippen molar-refractivity contribution < 1.29 is 0 Å². The van der Waals surface area contributed by atoms with Crippen LogP contribution < -0.4 is 0 Å². The standard InChI is InChI=1S/C9H13BrN2S/c1-7-2-9(3-7,6-10)4-8-5-13-12-11-8/h5,7H,2-4,6H2,1H3. The minimum Gasteiger partial charge on any atom is -0.143 e. The first-order chi connectivity index (χ1) is 6.24. The molecular formula is C9H13BrN2S. The molecule has 2 rings (SSSR count). The Balaban J connectivity index is 2.00. The molecule has 0 aromatic carbocycles. The molecule has 1 aliphatic rings. The minimum absolute atomic E-state index is 0.481. The lowest BCUT2D eigenvalue weighted by Gasteiger charge is -2.45. The molecule has 1 aromatic rings. The van der Waals surface area contributed by atoms with Crippen molar-refractivity contribution in [3.63, 3.8) is 0 Å². The molecule has 1 saturated carbocycles. The third-order valence-electron chi connectivity index (χ3n) is 2.81. The van der Waals surface area contributed by atoms with Crippen molar-refractivity contribution in [2.45, 2.75) is 26.2 Å². The zero-order chi connectivity index (χ0) is 9.31. The Hall–Kier alpha value is 0.0400. The van der Waals surface area contributed by atoms with Gasteiger partial charge < -0.3 is 0 Å². The largest absolute Gasteiger partial charge is 0.143 e. The van der Waals surface area contributed by atoms with Gasteiger partial charge in [-0.3, -0.25) is 0 Å². The van der Waals surface area contributed by atoms with Crippen molar-refractivity contribution >= 4 is 27.5 Å².